The Morgan fingerprint density at radius 2 is 2.15 bits per heavy atom. The van der Waals surface area contributed by atoms with Gasteiger partial charge in [-0.15, -0.1) is 0 Å². The number of nitrogens with zero attached hydrogens (tertiary/aromatic N) is 1. The van der Waals surface area contributed by atoms with E-state index in [2.05, 4.69) is 42.2 Å². The van der Waals surface area contributed by atoms with Gasteiger partial charge in [0, 0.05) is 43.5 Å². The van der Waals surface area contributed by atoms with Crippen LogP contribution in [-0.4, -0.2) is 23.3 Å². The Morgan fingerprint density at radius 3 is 2.80 bits per heavy atom. The van der Waals surface area contributed by atoms with Gasteiger partial charge in [0.2, 0.25) is 0 Å². The van der Waals surface area contributed by atoms with Crippen LogP contribution in [0.1, 0.15) is 51.1 Å². The van der Waals surface area contributed by atoms with Crippen LogP contribution in [0, 0.1) is 5.41 Å². The van der Waals surface area contributed by atoms with Crippen LogP contribution in [0.5, 0.6) is 0 Å². The third-order valence-corrected chi connectivity index (χ3v) is 5.52. The molecule has 1 spiro atoms. The second-order valence-corrected chi connectivity index (χ2v) is 6.52. The predicted octanol–water partition coefficient (Wildman–Crippen LogP) is 3.24. The van der Waals surface area contributed by atoms with E-state index in [-0.39, 0.29) is 0 Å². The van der Waals surface area contributed by atoms with Crippen LogP contribution in [0.2, 0.25) is 0 Å². The first-order valence-electron chi connectivity index (χ1n) is 8.21. The quantitative estimate of drug-likeness (QED) is 0.893. The van der Waals surface area contributed by atoms with Crippen LogP contribution in [-0.2, 0) is 18.3 Å². The Labute approximate surface area is 122 Å². The van der Waals surface area contributed by atoms with E-state index in [1.807, 2.05) is 0 Å². The van der Waals surface area contributed by atoms with Gasteiger partial charge in [-0.05, 0) is 38.3 Å². The molecule has 2 saturated carbocycles. The zero-order valence-corrected chi connectivity index (χ0v) is 12.9. The Hall–Kier alpha value is -0.800. The second kappa shape index (κ2) is 5.90. The highest BCUT2D eigenvalue weighted by Gasteiger charge is 2.55. The van der Waals surface area contributed by atoms with E-state index >= 15 is 0 Å². The van der Waals surface area contributed by atoms with Crippen molar-refractivity contribution in [3.05, 3.63) is 24.0 Å². The smallest absolute Gasteiger partial charge is 0.0661 e. The molecule has 1 aromatic heterocycles. The molecule has 1 heterocycles. The van der Waals surface area contributed by atoms with E-state index in [4.69, 9.17) is 4.74 Å². The molecule has 112 valence electrons. The molecule has 0 bridgehead atoms. The van der Waals surface area contributed by atoms with Gasteiger partial charge in [-0.2, -0.15) is 0 Å². The maximum Gasteiger partial charge on any atom is 0.0661 e. The maximum atomic E-state index is 6.02. The summed E-state index contributed by atoms with van der Waals surface area (Å²) in [4.78, 5) is 0. The molecule has 2 aliphatic rings. The van der Waals surface area contributed by atoms with Gasteiger partial charge in [0.25, 0.3) is 0 Å². The van der Waals surface area contributed by atoms with Crippen molar-refractivity contribution >= 4 is 0 Å². The number of rotatable bonds is 5. The first-order valence-corrected chi connectivity index (χ1v) is 8.21. The Balaban J connectivity index is 1.62. The summed E-state index contributed by atoms with van der Waals surface area (Å²) in [7, 11) is 2.12. The number of nitrogens with one attached hydrogen (secondary N) is 1. The Kier molecular flexibility index (Phi) is 4.18. The third-order valence-electron chi connectivity index (χ3n) is 5.52. The van der Waals surface area contributed by atoms with Crippen molar-refractivity contribution < 1.29 is 4.74 Å². The summed E-state index contributed by atoms with van der Waals surface area (Å²) in [5.74, 6) is 0. The fourth-order valence-electron chi connectivity index (χ4n) is 4.26. The SMILES string of the molecule is CCO[C@@H]1C[C@@H](NCc2cccn2C)C12CCCCC2. The Morgan fingerprint density at radius 1 is 1.35 bits per heavy atom. The van der Waals surface area contributed by atoms with Gasteiger partial charge in [0.05, 0.1) is 6.10 Å². The van der Waals surface area contributed by atoms with E-state index in [1.54, 1.807) is 0 Å². The number of ether oxygens (including phenoxy) is 1. The molecule has 3 nitrogen and oxygen atoms in total. The van der Waals surface area contributed by atoms with Crippen molar-refractivity contribution in [2.75, 3.05) is 6.61 Å². The van der Waals surface area contributed by atoms with Crippen LogP contribution in [0.25, 0.3) is 0 Å². The van der Waals surface area contributed by atoms with Crippen molar-refractivity contribution in [3.8, 4) is 0 Å². The van der Waals surface area contributed by atoms with Gasteiger partial charge in [0.15, 0.2) is 0 Å². The molecule has 1 N–H and O–H groups in total. The molecule has 2 atom stereocenters. The van der Waals surface area contributed by atoms with Gasteiger partial charge in [-0.3, -0.25) is 0 Å². The lowest BCUT2D eigenvalue weighted by Crippen LogP contribution is -2.64. The minimum Gasteiger partial charge on any atom is -0.378 e. The molecule has 0 aromatic carbocycles. The minimum atomic E-state index is 0.430. The third kappa shape index (κ3) is 2.42. The van der Waals surface area contributed by atoms with Crippen LogP contribution < -0.4 is 5.32 Å². The van der Waals surface area contributed by atoms with E-state index in [0.29, 0.717) is 17.6 Å². The largest absolute Gasteiger partial charge is 0.378 e. The molecule has 0 radical (unpaired) electrons. The van der Waals surface area contributed by atoms with Gasteiger partial charge >= 0.3 is 0 Å². The van der Waals surface area contributed by atoms with Crippen molar-refractivity contribution in [1.82, 2.24) is 9.88 Å². The van der Waals surface area contributed by atoms with Gasteiger partial charge < -0.3 is 14.6 Å². The minimum absolute atomic E-state index is 0.430. The molecule has 3 heteroatoms. The standard InChI is InChI=1S/C17H28N2O/c1-3-20-16-12-15(17(16)9-5-4-6-10-17)18-13-14-8-7-11-19(14)2/h7-8,11,15-16,18H,3-6,9-10,12-13H2,1-2H3/t15-,16-/m1/s1. The second-order valence-electron chi connectivity index (χ2n) is 6.52. The van der Waals surface area contributed by atoms with Crippen molar-refractivity contribution in [2.45, 2.75) is 64.1 Å². The van der Waals surface area contributed by atoms with Crippen LogP contribution in [0.4, 0.5) is 0 Å². The van der Waals surface area contributed by atoms with Crippen molar-refractivity contribution in [1.29, 1.82) is 0 Å². The van der Waals surface area contributed by atoms with Crippen LogP contribution >= 0.6 is 0 Å². The van der Waals surface area contributed by atoms with E-state index in [0.717, 1.165) is 13.2 Å². The molecular formula is C17H28N2O. The average molecular weight is 276 g/mol. The summed E-state index contributed by atoms with van der Waals surface area (Å²) in [6, 6.07) is 4.98. The van der Waals surface area contributed by atoms with Gasteiger partial charge in [-0.25, -0.2) is 0 Å². The number of aromatic nitrogens is 1. The Bertz CT molecular complexity index is 434. The van der Waals surface area contributed by atoms with Crippen molar-refractivity contribution in [3.63, 3.8) is 0 Å². The molecule has 0 amide bonds. The van der Waals surface area contributed by atoms with E-state index < -0.39 is 0 Å². The topological polar surface area (TPSA) is 26.2 Å². The lowest BCUT2D eigenvalue weighted by molar-refractivity contribution is -0.150. The molecule has 0 unspecified atom stereocenters. The molecule has 0 aliphatic heterocycles. The van der Waals surface area contributed by atoms with E-state index in [9.17, 15) is 0 Å². The van der Waals surface area contributed by atoms with Gasteiger partial charge in [-0.1, -0.05) is 19.3 Å². The molecular weight excluding hydrogens is 248 g/mol. The molecule has 1 aromatic rings. The molecule has 2 fully saturated rings. The van der Waals surface area contributed by atoms with Gasteiger partial charge in [0.1, 0.15) is 0 Å². The molecule has 0 saturated heterocycles. The summed E-state index contributed by atoms with van der Waals surface area (Å²) in [6.45, 7) is 3.97. The predicted molar refractivity (Wildman–Crippen MR) is 81.6 cm³/mol. The summed E-state index contributed by atoms with van der Waals surface area (Å²) >= 11 is 0. The molecule has 2 aliphatic carbocycles. The normalized spacial score (nSPS) is 28.5. The van der Waals surface area contributed by atoms with Crippen LogP contribution in [0.15, 0.2) is 18.3 Å². The highest BCUT2D eigenvalue weighted by molar-refractivity contribution is 5.11. The van der Waals surface area contributed by atoms with Crippen LogP contribution in [0.3, 0.4) is 0 Å². The maximum absolute atomic E-state index is 6.02. The highest BCUT2D eigenvalue weighted by atomic mass is 16.5. The number of hydrogen-bond donors (Lipinski definition) is 1. The summed E-state index contributed by atoms with van der Waals surface area (Å²) in [6.07, 6.45) is 10.7. The monoisotopic (exact) mass is 276 g/mol. The molecule has 3 rings (SSSR count). The summed E-state index contributed by atoms with van der Waals surface area (Å²) in [5.41, 5.74) is 1.80. The lowest BCUT2D eigenvalue weighted by atomic mass is 9.55. The first-order chi connectivity index (χ1) is 9.76. The first kappa shape index (κ1) is 14.2. The highest BCUT2D eigenvalue weighted by Crippen LogP contribution is 2.53. The fraction of sp³-hybridized carbons (Fsp3) is 0.765. The number of aryl methyl sites for hydroxylation is 1. The fourth-order valence-corrected chi connectivity index (χ4v) is 4.26. The number of hydrogen-bond acceptors (Lipinski definition) is 2. The van der Waals surface area contributed by atoms with Crippen molar-refractivity contribution in [2.24, 2.45) is 12.5 Å². The van der Waals surface area contributed by atoms with E-state index in [1.165, 1.54) is 44.2 Å². The molecule has 20 heavy (non-hydrogen) atoms. The zero-order valence-electron chi connectivity index (χ0n) is 12.9. The summed E-state index contributed by atoms with van der Waals surface area (Å²) < 4.78 is 8.22. The summed E-state index contributed by atoms with van der Waals surface area (Å²) in [5, 5.41) is 3.81. The average Bonchev–Trinajstić information content (AvgIpc) is 2.88. The lowest BCUT2D eigenvalue weighted by Gasteiger charge is -2.58. The zero-order chi connectivity index (χ0) is 14.0.